The first-order valence-electron chi connectivity index (χ1n) is 7.48. The third kappa shape index (κ3) is 3.07. The molecule has 0 spiro atoms. The molecule has 124 valence electrons. The van der Waals surface area contributed by atoms with Gasteiger partial charge < -0.3 is 10.1 Å². The maximum Gasteiger partial charge on any atom is 0.265 e. The second-order valence-corrected chi connectivity index (χ2v) is 6.24. The molecule has 0 saturated heterocycles. The number of amides is 1. The van der Waals surface area contributed by atoms with Gasteiger partial charge in [-0.3, -0.25) is 9.89 Å². The Morgan fingerprint density at radius 2 is 2.04 bits per heavy atom. The molecule has 7 nitrogen and oxygen atoms in total. The standard InChI is InChI=1S/C17H13N5O2S/c1-10-6-7-25-14(10)16(23)21-11-2-4-12(5-3-11)24-17-13-8-20-22-15(13)18-9-19-17/h2-9H,1H3,(H,21,23)(H,18,19,20,22). The summed E-state index contributed by atoms with van der Waals surface area (Å²) in [6.07, 6.45) is 3.02. The highest BCUT2D eigenvalue weighted by atomic mass is 32.1. The molecule has 8 heteroatoms. The van der Waals surface area contributed by atoms with Gasteiger partial charge in [0.2, 0.25) is 5.88 Å². The monoisotopic (exact) mass is 351 g/mol. The fourth-order valence-electron chi connectivity index (χ4n) is 2.34. The van der Waals surface area contributed by atoms with Crippen LogP contribution in [0.5, 0.6) is 11.6 Å². The summed E-state index contributed by atoms with van der Waals surface area (Å²) in [4.78, 5) is 21.1. The van der Waals surface area contributed by atoms with Gasteiger partial charge in [0.1, 0.15) is 17.5 Å². The van der Waals surface area contributed by atoms with Gasteiger partial charge in [0.25, 0.3) is 5.91 Å². The molecule has 4 aromatic rings. The Morgan fingerprint density at radius 3 is 2.80 bits per heavy atom. The predicted octanol–water partition coefficient (Wildman–Crippen LogP) is 3.77. The molecular weight excluding hydrogens is 338 g/mol. The lowest BCUT2D eigenvalue weighted by atomic mass is 10.2. The zero-order valence-electron chi connectivity index (χ0n) is 13.2. The van der Waals surface area contributed by atoms with Crippen LogP contribution < -0.4 is 10.1 Å². The van der Waals surface area contributed by atoms with Gasteiger partial charge in [-0.15, -0.1) is 11.3 Å². The Labute approximate surface area is 146 Å². The van der Waals surface area contributed by atoms with E-state index in [0.29, 0.717) is 33.2 Å². The quantitative estimate of drug-likeness (QED) is 0.584. The van der Waals surface area contributed by atoms with Gasteiger partial charge in [-0.25, -0.2) is 9.97 Å². The number of nitrogens with zero attached hydrogens (tertiary/aromatic N) is 3. The second kappa shape index (κ2) is 6.33. The van der Waals surface area contributed by atoms with E-state index >= 15 is 0 Å². The first-order valence-corrected chi connectivity index (χ1v) is 8.36. The van der Waals surface area contributed by atoms with Crippen LogP contribution in [0.2, 0.25) is 0 Å². The van der Waals surface area contributed by atoms with Crippen molar-refractivity contribution in [2.24, 2.45) is 0 Å². The third-order valence-electron chi connectivity index (χ3n) is 3.61. The van der Waals surface area contributed by atoms with Gasteiger partial charge >= 0.3 is 0 Å². The number of hydrogen-bond acceptors (Lipinski definition) is 6. The molecule has 0 saturated carbocycles. The maximum atomic E-state index is 12.2. The Balaban J connectivity index is 1.50. The smallest absolute Gasteiger partial charge is 0.265 e. The summed E-state index contributed by atoms with van der Waals surface area (Å²) in [5, 5.41) is 12.2. The van der Waals surface area contributed by atoms with Crippen molar-refractivity contribution in [3.8, 4) is 11.6 Å². The van der Waals surface area contributed by atoms with E-state index in [1.807, 2.05) is 18.4 Å². The van der Waals surface area contributed by atoms with E-state index in [-0.39, 0.29) is 5.91 Å². The number of aromatic amines is 1. The predicted molar refractivity (Wildman–Crippen MR) is 95.2 cm³/mol. The molecule has 3 aromatic heterocycles. The summed E-state index contributed by atoms with van der Waals surface area (Å²) >= 11 is 1.42. The molecule has 2 N–H and O–H groups in total. The Hall–Kier alpha value is -3.26. The molecule has 0 unspecified atom stereocenters. The van der Waals surface area contributed by atoms with Crippen molar-refractivity contribution in [3.05, 3.63) is 58.7 Å². The van der Waals surface area contributed by atoms with Crippen molar-refractivity contribution >= 4 is 34.0 Å². The minimum Gasteiger partial charge on any atom is -0.438 e. The van der Waals surface area contributed by atoms with Crippen LogP contribution in [0.1, 0.15) is 15.2 Å². The van der Waals surface area contributed by atoms with E-state index < -0.39 is 0 Å². The lowest BCUT2D eigenvalue weighted by molar-refractivity contribution is 0.103. The molecule has 0 aliphatic carbocycles. The van der Waals surface area contributed by atoms with E-state index in [2.05, 4.69) is 25.5 Å². The topological polar surface area (TPSA) is 92.8 Å². The van der Waals surface area contributed by atoms with Crippen LogP contribution in [-0.4, -0.2) is 26.1 Å². The number of anilines is 1. The van der Waals surface area contributed by atoms with Crippen molar-refractivity contribution in [1.82, 2.24) is 20.2 Å². The van der Waals surface area contributed by atoms with E-state index in [1.165, 1.54) is 17.7 Å². The zero-order chi connectivity index (χ0) is 17.2. The number of aryl methyl sites for hydroxylation is 1. The summed E-state index contributed by atoms with van der Waals surface area (Å²) in [5.41, 5.74) is 2.27. The molecule has 0 bridgehead atoms. The number of nitrogens with one attached hydrogen (secondary N) is 2. The number of benzene rings is 1. The van der Waals surface area contributed by atoms with Gasteiger partial charge in [-0.2, -0.15) is 5.10 Å². The summed E-state index contributed by atoms with van der Waals surface area (Å²) in [6.45, 7) is 1.92. The Morgan fingerprint density at radius 1 is 1.20 bits per heavy atom. The van der Waals surface area contributed by atoms with Crippen LogP contribution in [0.3, 0.4) is 0 Å². The second-order valence-electron chi connectivity index (χ2n) is 5.32. The number of fused-ring (bicyclic) bond motifs is 1. The van der Waals surface area contributed by atoms with Crippen molar-refractivity contribution in [1.29, 1.82) is 0 Å². The maximum absolute atomic E-state index is 12.2. The molecule has 4 rings (SSSR count). The van der Waals surface area contributed by atoms with E-state index in [9.17, 15) is 4.79 Å². The summed E-state index contributed by atoms with van der Waals surface area (Å²) in [7, 11) is 0. The normalized spacial score (nSPS) is 10.8. The zero-order valence-corrected chi connectivity index (χ0v) is 14.0. The van der Waals surface area contributed by atoms with Gasteiger partial charge in [-0.1, -0.05) is 0 Å². The van der Waals surface area contributed by atoms with Crippen molar-refractivity contribution < 1.29 is 9.53 Å². The average molecular weight is 351 g/mol. The number of carbonyl (C=O) groups excluding carboxylic acids is 1. The molecule has 0 atom stereocenters. The fraction of sp³-hybridized carbons (Fsp3) is 0.0588. The SMILES string of the molecule is Cc1ccsc1C(=O)Nc1ccc(Oc2ncnc3[nH]ncc23)cc1. The molecule has 0 aliphatic rings. The molecule has 0 fully saturated rings. The molecule has 1 amide bonds. The molecule has 1 aromatic carbocycles. The summed E-state index contributed by atoms with van der Waals surface area (Å²) in [6, 6.07) is 9.03. The van der Waals surface area contributed by atoms with Crippen LogP contribution >= 0.6 is 11.3 Å². The summed E-state index contributed by atoms with van der Waals surface area (Å²) in [5.74, 6) is 0.910. The minimum atomic E-state index is -0.114. The minimum absolute atomic E-state index is 0.114. The molecule has 25 heavy (non-hydrogen) atoms. The third-order valence-corrected chi connectivity index (χ3v) is 4.62. The van der Waals surface area contributed by atoms with Crippen LogP contribution in [0, 0.1) is 6.92 Å². The number of hydrogen-bond donors (Lipinski definition) is 2. The first kappa shape index (κ1) is 15.3. The van der Waals surface area contributed by atoms with E-state index in [0.717, 1.165) is 5.56 Å². The number of H-pyrrole nitrogens is 1. The molecular formula is C17H13N5O2S. The number of thiophene rings is 1. The Kier molecular flexibility index (Phi) is 3.87. The van der Waals surface area contributed by atoms with Crippen LogP contribution in [0.4, 0.5) is 5.69 Å². The van der Waals surface area contributed by atoms with Crippen molar-refractivity contribution in [2.75, 3.05) is 5.32 Å². The van der Waals surface area contributed by atoms with Crippen LogP contribution in [0.25, 0.3) is 11.0 Å². The van der Waals surface area contributed by atoms with Crippen LogP contribution in [0.15, 0.2) is 48.2 Å². The van der Waals surface area contributed by atoms with Crippen LogP contribution in [-0.2, 0) is 0 Å². The number of rotatable bonds is 4. The fourth-order valence-corrected chi connectivity index (χ4v) is 3.16. The van der Waals surface area contributed by atoms with E-state index in [4.69, 9.17) is 4.74 Å². The average Bonchev–Trinajstić information content (AvgIpc) is 3.26. The number of aromatic nitrogens is 4. The number of carbonyl (C=O) groups is 1. The molecule has 0 radical (unpaired) electrons. The first-order chi connectivity index (χ1) is 12.2. The lowest BCUT2D eigenvalue weighted by Gasteiger charge is -2.07. The molecule has 0 aliphatic heterocycles. The van der Waals surface area contributed by atoms with Gasteiger partial charge in [0, 0.05) is 5.69 Å². The van der Waals surface area contributed by atoms with E-state index in [1.54, 1.807) is 30.5 Å². The van der Waals surface area contributed by atoms with Gasteiger partial charge in [0.05, 0.1) is 11.1 Å². The lowest BCUT2D eigenvalue weighted by Crippen LogP contribution is -2.11. The Bertz CT molecular complexity index is 1040. The van der Waals surface area contributed by atoms with Gasteiger partial charge in [0.15, 0.2) is 5.65 Å². The molecule has 3 heterocycles. The highest BCUT2D eigenvalue weighted by Gasteiger charge is 2.11. The highest BCUT2D eigenvalue weighted by molar-refractivity contribution is 7.12. The number of ether oxygens (including phenoxy) is 1. The van der Waals surface area contributed by atoms with Gasteiger partial charge in [-0.05, 0) is 48.2 Å². The summed E-state index contributed by atoms with van der Waals surface area (Å²) < 4.78 is 5.78. The van der Waals surface area contributed by atoms with Crippen molar-refractivity contribution in [3.63, 3.8) is 0 Å². The van der Waals surface area contributed by atoms with Crippen molar-refractivity contribution in [2.45, 2.75) is 6.92 Å². The largest absolute Gasteiger partial charge is 0.438 e. The highest BCUT2D eigenvalue weighted by Crippen LogP contribution is 2.26.